The highest BCUT2D eigenvalue weighted by Gasteiger charge is 2.28. The Kier molecular flexibility index (Phi) is 6.95. The van der Waals surface area contributed by atoms with Crippen LogP contribution in [0, 0.1) is 13.8 Å². The van der Waals surface area contributed by atoms with Crippen LogP contribution in [-0.2, 0) is 6.54 Å². The number of rotatable bonds is 8. The van der Waals surface area contributed by atoms with E-state index in [4.69, 9.17) is 9.47 Å². The fraction of sp³-hybridized carbons (Fsp3) is 0.478. The van der Waals surface area contributed by atoms with Crippen LogP contribution >= 0.6 is 0 Å². The van der Waals surface area contributed by atoms with Crippen LogP contribution in [0.25, 0.3) is 0 Å². The summed E-state index contributed by atoms with van der Waals surface area (Å²) in [7, 11) is 3.30. The molecule has 1 aromatic heterocycles. The summed E-state index contributed by atoms with van der Waals surface area (Å²) in [6.07, 6.45) is 0. The number of ketones is 2. The van der Waals surface area contributed by atoms with E-state index in [-0.39, 0.29) is 11.6 Å². The fourth-order valence-corrected chi connectivity index (χ4v) is 4.46. The van der Waals surface area contributed by atoms with Crippen molar-refractivity contribution in [2.75, 3.05) is 46.9 Å². The average Bonchev–Trinajstić information content (AvgIpc) is 3.03. The zero-order chi connectivity index (χ0) is 21.8. The molecular weight excluding hydrogens is 382 g/mol. The van der Waals surface area contributed by atoms with Crippen molar-refractivity contribution in [3.8, 4) is 11.5 Å². The Morgan fingerprint density at radius 2 is 1.63 bits per heavy atom. The number of aryl methyl sites for hydroxylation is 1. The van der Waals surface area contributed by atoms with Gasteiger partial charge in [-0.1, -0.05) is 0 Å². The van der Waals surface area contributed by atoms with Gasteiger partial charge >= 0.3 is 0 Å². The summed E-state index contributed by atoms with van der Waals surface area (Å²) in [6.45, 7) is 10.6. The number of quaternary nitrogens is 2. The lowest BCUT2D eigenvalue weighted by Gasteiger charge is -2.29. The van der Waals surface area contributed by atoms with Gasteiger partial charge in [-0.25, -0.2) is 0 Å². The summed E-state index contributed by atoms with van der Waals surface area (Å²) in [6, 6.07) is 6.07. The first kappa shape index (κ1) is 22.1. The quantitative estimate of drug-likeness (QED) is 0.531. The highest BCUT2D eigenvalue weighted by Crippen LogP contribution is 2.27. The largest absolute Gasteiger partial charge is 0.493 e. The van der Waals surface area contributed by atoms with Crippen molar-refractivity contribution in [2.45, 2.75) is 27.3 Å². The number of carbonyl (C=O) groups is 2. The third-order valence-corrected chi connectivity index (χ3v) is 6.05. The number of benzene rings is 1. The molecule has 3 N–H and O–H groups in total. The molecule has 7 nitrogen and oxygen atoms in total. The fourth-order valence-electron chi connectivity index (χ4n) is 4.46. The van der Waals surface area contributed by atoms with Crippen LogP contribution in [0.5, 0.6) is 11.5 Å². The van der Waals surface area contributed by atoms with Crippen molar-refractivity contribution in [1.82, 2.24) is 4.98 Å². The van der Waals surface area contributed by atoms with E-state index in [1.165, 1.54) is 15.4 Å². The maximum Gasteiger partial charge on any atom is 0.233 e. The average molecular weight is 416 g/mol. The molecule has 30 heavy (non-hydrogen) atoms. The van der Waals surface area contributed by atoms with E-state index in [9.17, 15) is 9.59 Å². The topological polar surface area (TPSA) is 77.3 Å². The molecular formula is C23H33N3O4+2. The molecule has 0 atom stereocenters. The Balaban J connectivity index is 1.55. The van der Waals surface area contributed by atoms with Gasteiger partial charge in [0.15, 0.2) is 17.3 Å². The molecule has 162 valence electrons. The molecule has 1 fully saturated rings. The first-order chi connectivity index (χ1) is 14.3. The highest BCUT2D eigenvalue weighted by molar-refractivity contribution is 6.03. The SMILES string of the molecule is COc1ccc(C[NH+]2CC[NH+](CC(=O)c3[nH]c(C)c(C(C)=O)c3C)CC2)cc1OC. The molecule has 7 heteroatoms. The van der Waals surface area contributed by atoms with Crippen LogP contribution in [0.4, 0.5) is 0 Å². The molecule has 1 aliphatic heterocycles. The molecule has 0 unspecified atom stereocenters. The van der Waals surface area contributed by atoms with E-state index in [0.717, 1.165) is 55.5 Å². The minimum absolute atomic E-state index is 0.0000219. The van der Waals surface area contributed by atoms with Gasteiger partial charge in [0.25, 0.3) is 0 Å². The predicted molar refractivity (Wildman–Crippen MR) is 114 cm³/mol. The zero-order valence-electron chi connectivity index (χ0n) is 18.6. The van der Waals surface area contributed by atoms with E-state index in [0.29, 0.717) is 17.8 Å². The third kappa shape index (κ3) is 4.74. The maximum absolute atomic E-state index is 12.8. The normalized spacial score (nSPS) is 18.8. The van der Waals surface area contributed by atoms with Crippen LogP contribution in [0.3, 0.4) is 0 Å². The second kappa shape index (κ2) is 9.45. The van der Waals surface area contributed by atoms with Gasteiger partial charge in [-0.2, -0.15) is 0 Å². The lowest BCUT2D eigenvalue weighted by Crippen LogP contribution is -3.27. The Morgan fingerprint density at radius 1 is 1.00 bits per heavy atom. The van der Waals surface area contributed by atoms with Crippen molar-refractivity contribution in [3.63, 3.8) is 0 Å². The molecule has 2 aromatic rings. The van der Waals surface area contributed by atoms with Crippen LogP contribution in [0.15, 0.2) is 18.2 Å². The monoisotopic (exact) mass is 415 g/mol. The number of nitrogens with one attached hydrogen (secondary N) is 3. The van der Waals surface area contributed by atoms with Gasteiger partial charge in [0, 0.05) is 16.8 Å². The molecule has 0 amide bonds. The number of aromatic amines is 1. The van der Waals surface area contributed by atoms with E-state index in [2.05, 4.69) is 11.1 Å². The van der Waals surface area contributed by atoms with Gasteiger partial charge in [-0.15, -0.1) is 0 Å². The summed E-state index contributed by atoms with van der Waals surface area (Å²) < 4.78 is 10.7. The Labute approximate surface area is 178 Å². The van der Waals surface area contributed by atoms with E-state index < -0.39 is 0 Å². The molecule has 0 radical (unpaired) electrons. The van der Waals surface area contributed by atoms with Gasteiger partial charge in [-0.05, 0) is 44.5 Å². The van der Waals surface area contributed by atoms with Gasteiger partial charge < -0.3 is 24.3 Å². The predicted octanol–water partition coefficient (Wildman–Crippen LogP) is 0.0176. The second-order valence-corrected chi connectivity index (χ2v) is 8.15. The molecule has 1 aromatic carbocycles. The number of carbonyl (C=O) groups excluding carboxylic acids is 2. The number of hydrogen-bond donors (Lipinski definition) is 3. The number of H-pyrrole nitrogens is 1. The van der Waals surface area contributed by atoms with Crippen molar-refractivity contribution in [1.29, 1.82) is 0 Å². The summed E-state index contributed by atoms with van der Waals surface area (Å²) in [5, 5.41) is 0. The van der Waals surface area contributed by atoms with E-state index in [1.54, 1.807) is 21.1 Å². The molecule has 3 rings (SSSR count). The van der Waals surface area contributed by atoms with Gasteiger partial charge in [0.05, 0.1) is 19.9 Å². The minimum atomic E-state index is 0.0000219. The Bertz CT molecular complexity index is 927. The number of hydrogen-bond acceptors (Lipinski definition) is 4. The minimum Gasteiger partial charge on any atom is -0.493 e. The molecule has 0 aliphatic carbocycles. The summed E-state index contributed by atoms with van der Waals surface area (Å²) in [5.41, 5.74) is 4.02. The zero-order valence-corrected chi connectivity index (χ0v) is 18.6. The van der Waals surface area contributed by atoms with Crippen LogP contribution in [0.2, 0.25) is 0 Å². The van der Waals surface area contributed by atoms with Crippen LogP contribution < -0.4 is 19.3 Å². The van der Waals surface area contributed by atoms with Crippen molar-refractivity contribution in [2.24, 2.45) is 0 Å². The maximum atomic E-state index is 12.8. The molecule has 1 aliphatic rings. The van der Waals surface area contributed by atoms with Crippen LogP contribution in [-0.4, -0.2) is 63.5 Å². The summed E-state index contributed by atoms with van der Waals surface area (Å²) in [5.74, 6) is 1.58. The van der Waals surface area contributed by atoms with Gasteiger partial charge in [-0.3, -0.25) is 9.59 Å². The first-order valence-electron chi connectivity index (χ1n) is 10.4. The van der Waals surface area contributed by atoms with Crippen LogP contribution in [0.1, 0.15) is 44.6 Å². The molecule has 1 saturated heterocycles. The van der Waals surface area contributed by atoms with Crippen molar-refractivity contribution < 1.29 is 28.9 Å². The molecule has 0 saturated carbocycles. The first-order valence-corrected chi connectivity index (χ1v) is 10.4. The molecule has 2 heterocycles. The third-order valence-electron chi connectivity index (χ3n) is 6.05. The van der Waals surface area contributed by atoms with E-state index in [1.807, 2.05) is 26.0 Å². The lowest BCUT2D eigenvalue weighted by atomic mass is 10.1. The number of aromatic nitrogens is 1. The smallest absolute Gasteiger partial charge is 0.233 e. The molecule has 0 spiro atoms. The summed E-state index contributed by atoms with van der Waals surface area (Å²) >= 11 is 0. The summed E-state index contributed by atoms with van der Waals surface area (Å²) in [4.78, 5) is 30.6. The van der Waals surface area contributed by atoms with Crippen molar-refractivity contribution in [3.05, 3.63) is 46.3 Å². The van der Waals surface area contributed by atoms with Gasteiger partial charge in [0.2, 0.25) is 5.78 Å². The number of ether oxygens (including phenoxy) is 2. The van der Waals surface area contributed by atoms with Crippen molar-refractivity contribution >= 4 is 11.6 Å². The Morgan fingerprint density at radius 3 is 2.20 bits per heavy atom. The standard InChI is InChI=1S/C23H31N3O4/c1-15-22(17(3)27)16(2)24-23(15)19(28)14-26-10-8-25(9-11-26)13-18-6-7-20(29-4)21(12-18)30-5/h6-7,12,24H,8-11,13-14H2,1-5H3/p+2. The van der Waals surface area contributed by atoms with Gasteiger partial charge in [0.1, 0.15) is 39.3 Å². The highest BCUT2D eigenvalue weighted by atomic mass is 16.5. The lowest BCUT2D eigenvalue weighted by molar-refractivity contribution is -1.01. The Hall–Kier alpha value is -2.64. The van der Waals surface area contributed by atoms with E-state index >= 15 is 0 Å². The number of Topliss-reactive ketones (excluding diaryl/α,β-unsaturated/α-hetero) is 2. The number of methoxy groups -OCH3 is 2. The second-order valence-electron chi connectivity index (χ2n) is 8.15. The molecule has 0 bridgehead atoms. The number of piperazine rings is 1.